The first-order valence-electron chi connectivity index (χ1n) is 7.53. The molecule has 0 amide bonds. The molecular formula is C19H21N. The van der Waals surface area contributed by atoms with E-state index in [-0.39, 0.29) is 0 Å². The van der Waals surface area contributed by atoms with Gasteiger partial charge in [-0.15, -0.1) is 0 Å². The molecule has 20 heavy (non-hydrogen) atoms. The molecule has 1 aromatic carbocycles. The monoisotopic (exact) mass is 263 g/mol. The molecule has 1 aliphatic carbocycles. The summed E-state index contributed by atoms with van der Waals surface area (Å²) in [5, 5.41) is 0. The van der Waals surface area contributed by atoms with E-state index in [9.17, 15) is 0 Å². The number of rotatable bonds is 3. The lowest BCUT2D eigenvalue weighted by atomic mass is 9.94. The zero-order valence-electron chi connectivity index (χ0n) is 12.3. The van der Waals surface area contributed by atoms with Crippen molar-refractivity contribution in [2.24, 2.45) is 0 Å². The van der Waals surface area contributed by atoms with Gasteiger partial charge in [-0.2, -0.15) is 0 Å². The highest BCUT2D eigenvalue weighted by molar-refractivity contribution is 5.93. The van der Waals surface area contributed by atoms with Crippen LogP contribution in [0.25, 0.3) is 11.1 Å². The maximum Gasteiger partial charge on any atom is 0.0696 e. The second-order valence-corrected chi connectivity index (χ2v) is 5.49. The number of benzene rings is 1. The Morgan fingerprint density at radius 3 is 2.60 bits per heavy atom. The van der Waals surface area contributed by atoms with Crippen molar-refractivity contribution >= 4 is 11.1 Å². The van der Waals surface area contributed by atoms with Gasteiger partial charge in [-0.05, 0) is 66.5 Å². The third-order valence-electron chi connectivity index (χ3n) is 4.25. The average molecular weight is 263 g/mol. The van der Waals surface area contributed by atoms with Crippen LogP contribution in [0.3, 0.4) is 0 Å². The van der Waals surface area contributed by atoms with Crippen molar-refractivity contribution in [1.29, 1.82) is 0 Å². The Morgan fingerprint density at radius 1 is 1.00 bits per heavy atom. The van der Waals surface area contributed by atoms with Crippen LogP contribution in [0, 0.1) is 6.92 Å². The fourth-order valence-electron chi connectivity index (χ4n) is 3.21. The van der Waals surface area contributed by atoms with E-state index in [0.717, 1.165) is 12.8 Å². The molecule has 1 heterocycles. The Balaban J connectivity index is 2.16. The van der Waals surface area contributed by atoms with E-state index in [2.05, 4.69) is 49.2 Å². The van der Waals surface area contributed by atoms with Gasteiger partial charge in [0.05, 0.1) is 5.69 Å². The van der Waals surface area contributed by atoms with E-state index in [4.69, 9.17) is 0 Å². The average Bonchev–Trinajstić information content (AvgIpc) is 2.96. The van der Waals surface area contributed by atoms with Gasteiger partial charge in [-0.25, -0.2) is 0 Å². The van der Waals surface area contributed by atoms with E-state index in [1.54, 1.807) is 0 Å². The number of allylic oxidation sites excluding steroid dienone is 2. The summed E-state index contributed by atoms with van der Waals surface area (Å²) in [6, 6.07) is 13.0. The molecule has 102 valence electrons. The zero-order chi connectivity index (χ0) is 13.9. The molecule has 0 unspecified atom stereocenters. The summed E-state index contributed by atoms with van der Waals surface area (Å²) in [6.45, 7) is 4.42. The molecule has 0 N–H and O–H groups in total. The number of pyridine rings is 1. The van der Waals surface area contributed by atoms with Crippen molar-refractivity contribution in [3.8, 4) is 0 Å². The van der Waals surface area contributed by atoms with E-state index < -0.39 is 0 Å². The molecule has 1 nitrogen and oxygen atoms in total. The Bertz CT molecular complexity index is 652. The zero-order valence-corrected chi connectivity index (χ0v) is 12.3. The van der Waals surface area contributed by atoms with Crippen LogP contribution in [0.15, 0.2) is 42.6 Å². The molecular weight excluding hydrogens is 242 g/mol. The second kappa shape index (κ2) is 5.62. The van der Waals surface area contributed by atoms with Crippen molar-refractivity contribution in [2.75, 3.05) is 0 Å². The van der Waals surface area contributed by atoms with Crippen LogP contribution in [-0.2, 0) is 6.42 Å². The molecule has 0 spiro atoms. The quantitative estimate of drug-likeness (QED) is 0.755. The molecule has 0 fully saturated rings. The second-order valence-electron chi connectivity index (χ2n) is 5.49. The third kappa shape index (κ3) is 2.29. The van der Waals surface area contributed by atoms with Crippen molar-refractivity contribution in [3.05, 3.63) is 65.0 Å². The molecule has 0 atom stereocenters. The first-order valence-corrected chi connectivity index (χ1v) is 7.53. The number of nitrogens with zero attached hydrogens (tertiary/aromatic N) is 1. The van der Waals surface area contributed by atoms with E-state index in [1.165, 1.54) is 46.4 Å². The number of hydrogen-bond donors (Lipinski definition) is 0. The van der Waals surface area contributed by atoms with Gasteiger partial charge in [0.1, 0.15) is 0 Å². The van der Waals surface area contributed by atoms with E-state index >= 15 is 0 Å². The summed E-state index contributed by atoms with van der Waals surface area (Å²) in [6.07, 6.45) is 6.56. The van der Waals surface area contributed by atoms with Gasteiger partial charge in [-0.3, -0.25) is 4.98 Å². The molecule has 0 bridgehead atoms. The highest BCUT2D eigenvalue weighted by atomic mass is 14.7. The summed E-state index contributed by atoms with van der Waals surface area (Å²) in [5.41, 5.74) is 8.36. The number of aromatic nitrogens is 1. The molecule has 1 aromatic heterocycles. The third-order valence-corrected chi connectivity index (χ3v) is 4.25. The molecule has 1 aliphatic rings. The lowest BCUT2D eigenvalue weighted by Gasteiger charge is -2.12. The van der Waals surface area contributed by atoms with Crippen LogP contribution in [-0.4, -0.2) is 4.98 Å². The number of hydrogen-bond acceptors (Lipinski definition) is 1. The summed E-state index contributed by atoms with van der Waals surface area (Å²) < 4.78 is 0. The van der Waals surface area contributed by atoms with Crippen LogP contribution in [0.1, 0.15) is 48.6 Å². The summed E-state index contributed by atoms with van der Waals surface area (Å²) in [7, 11) is 0. The fraction of sp³-hybridized carbons (Fsp3) is 0.316. The maximum absolute atomic E-state index is 4.68. The van der Waals surface area contributed by atoms with Gasteiger partial charge < -0.3 is 0 Å². The van der Waals surface area contributed by atoms with Gasteiger partial charge >= 0.3 is 0 Å². The van der Waals surface area contributed by atoms with Crippen LogP contribution in [0.2, 0.25) is 0 Å². The summed E-state index contributed by atoms with van der Waals surface area (Å²) >= 11 is 0. The molecule has 0 radical (unpaired) electrons. The Morgan fingerprint density at radius 2 is 1.80 bits per heavy atom. The van der Waals surface area contributed by atoms with E-state index in [0.29, 0.717) is 0 Å². The minimum Gasteiger partial charge on any atom is -0.256 e. The molecule has 0 saturated heterocycles. The van der Waals surface area contributed by atoms with Gasteiger partial charge in [0.15, 0.2) is 0 Å². The van der Waals surface area contributed by atoms with Crippen LogP contribution in [0.5, 0.6) is 0 Å². The van der Waals surface area contributed by atoms with Crippen LogP contribution in [0.4, 0.5) is 0 Å². The highest BCUT2D eigenvalue weighted by Crippen LogP contribution is 2.40. The normalized spacial score (nSPS) is 14.9. The molecule has 0 saturated carbocycles. The topological polar surface area (TPSA) is 12.9 Å². The van der Waals surface area contributed by atoms with Crippen molar-refractivity contribution in [2.45, 2.75) is 39.5 Å². The van der Waals surface area contributed by atoms with Gasteiger partial charge in [0.25, 0.3) is 0 Å². The summed E-state index contributed by atoms with van der Waals surface area (Å²) in [5.74, 6) is 0. The van der Waals surface area contributed by atoms with Crippen molar-refractivity contribution < 1.29 is 0 Å². The minimum absolute atomic E-state index is 1.05. The molecule has 3 rings (SSSR count). The largest absolute Gasteiger partial charge is 0.256 e. The van der Waals surface area contributed by atoms with Crippen molar-refractivity contribution in [3.63, 3.8) is 0 Å². The molecule has 1 heteroatoms. The SMILES string of the molecule is CCc1cccnc1C1=C(c2ccccc2C)CCC1. The standard InChI is InChI=1S/C19H21N/c1-3-15-9-7-13-20-19(15)18-12-6-11-17(18)16-10-5-4-8-14(16)2/h4-5,7-10,13H,3,6,11-12H2,1-2H3. The van der Waals surface area contributed by atoms with E-state index in [1.807, 2.05) is 12.3 Å². The van der Waals surface area contributed by atoms with Crippen molar-refractivity contribution in [1.82, 2.24) is 4.98 Å². The Hall–Kier alpha value is -1.89. The summed E-state index contributed by atoms with van der Waals surface area (Å²) in [4.78, 5) is 4.68. The lowest BCUT2D eigenvalue weighted by molar-refractivity contribution is 0.935. The number of aryl methyl sites for hydroxylation is 2. The fourth-order valence-corrected chi connectivity index (χ4v) is 3.21. The predicted octanol–water partition coefficient (Wildman–Crippen LogP) is 5.05. The lowest BCUT2D eigenvalue weighted by Crippen LogP contribution is -1.96. The predicted molar refractivity (Wildman–Crippen MR) is 85.5 cm³/mol. The molecule has 0 aliphatic heterocycles. The Labute approximate surface area is 121 Å². The smallest absolute Gasteiger partial charge is 0.0696 e. The van der Waals surface area contributed by atoms with Crippen LogP contribution < -0.4 is 0 Å². The van der Waals surface area contributed by atoms with Gasteiger partial charge in [0, 0.05) is 6.20 Å². The van der Waals surface area contributed by atoms with Gasteiger partial charge in [0.2, 0.25) is 0 Å². The highest BCUT2D eigenvalue weighted by Gasteiger charge is 2.20. The maximum atomic E-state index is 4.68. The minimum atomic E-state index is 1.05. The first-order chi connectivity index (χ1) is 9.81. The van der Waals surface area contributed by atoms with Gasteiger partial charge in [-0.1, -0.05) is 37.3 Å². The first kappa shape index (κ1) is 13.1. The Kier molecular flexibility index (Phi) is 3.68. The van der Waals surface area contributed by atoms with Crippen LogP contribution >= 0.6 is 0 Å². The molecule has 2 aromatic rings.